The quantitative estimate of drug-likeness (QED) is 0.0750. The molecule has 0 amide bonds. The van der Waals surface area contributed by atoms with Crippen molar-refractivity contribution in [3.05, 3.63) is 215 Å². The van der Waals surface area contributed by atoms with Gasteiger partial charge in [0.15, 0.2) is 9.84 Å². The number of aryl methyl sites for hydroxylation is 9. The van der Waals surface area contributed by atoms with Gasteiger partial charge in [-0.1, -0.05) is 132 Å². The van der Waals surface area contributed by atoms with E-state index >= 15 is 0 Å². The molecule has 8 heterocycles. The predicted octanol–water partition coefficient (Wildman–Crippen LogP) is 14.0. The first kappa shape index (κ1) is 102. The van der Waals surface area contributed by atoms with E-state index in [1.807, 2.05) is 44.9 Å². The maximum absolute atomic E-state index is 10.8. The molecule has 0 aliphatic carbocycles. The lowest BCUT2D eigenvalue weighted by Crippen LogP contribution is -2.40. The van der Waals surface area contributed by atoms with E-state index in [4.69, 9.17) is 48.6 Å². The van der Waals surface area contributed by atoms with E-state index in [1.165, 1.54) is 149 Å². The monoisotopic (exact) mass is 1610 g/mol. The number of aliphatic hydroxyl groups excluding tert-OH is 2. The number of pyridine rings is 1. The minimum absolute atomic E-state index is 0.129. The van der Waals surface area contributed by atoms with Gasteiger partial charge in [-0.2, -0.15) is 11.8 Å². The highest BCUT2D eigenvalue weighted by atomic mass is 35.5. The zero-order valence-electron chi connectivity index (χ0n) is 71.9. The molecule has 6 saturated heterocycles. The molecule has 7 aliphatic rings. The molecular formula is C90H149Cl2N11O6S2. The smallest absolute Gasteiger partial charge is 0.152 e. The van der Waals surface area contributed by atoms with E-state index in [0.717, 1.165) is 108 Å². The topological polar surface area (TPSA) is 188 Å². The van der Waals surface area contributed by atoms with Gasteiger partial charge in [0.1, 0.15) is 0 Å². The van der Waals surface area contributed by atoms with Gasteiger partial charge in [0.2, 0.25) is 0 Å². The van der Waals surface area contributed by atoms with Crippen LogP contribution >= 0.6 is 35.0 Å². The third-order valence-corrected chi connectivity index (χ3v) is 22.7. The van der Waals surface area contributed by atoms with Gasteiger partial charge in [-0.3, -0.25) is 14.8 Å². The highest BCUT2D eigenvalue weighted by molar-refractivity contribution is 7.99. The number of thioether (sulfide) groups is 1. The van der Waals surface area contributed by atoms with Crippen molar-refractivity contribution in [2.75, 3.05) is 209 Å². The van der Waals surface area contributed by atoms with Crippen LogP contribution in [0.25, 0.3) is 0 Å². The molecule has 0 unspecified atom stereocenters. The van der Waals surface area contributed by atoms with Crippen molar-refractivity contribution in [2.45, 2.75) is 136 Å². The van der Waals surface area contributed by atoms with Gasteiger partial charge >= 0.3 is 0 Å². The molecule has 111 heavy (non-hydrogen) atoms. The van der Waals surface area contributed by atoms with Gasteiger partial charge < -0.3 is 61.0 Å². The zero-order chi connectivity index (χ0) is 82.4. The highest BCUT2D eigenvalue weighted by Gasteiger charge is 2.18. The van der Waals surface area contributed by atoms with Crippen LogP contribution in [0.5, 0.6) is 0 Å². The maximum atomic E-state index is 10.8. The van der Waals surface area contributed by atoms with Crippen molar-refractivity contribution in [3.8, 4) is 0 Å². The Kier molecular flexibility index (Phi) is 56.9. The molecule has 5 aromatic carbocycles. The second-order valence-electron chi connectivity index (χ2n) is 30.2. The average molecular weight is 1620 g/mol. The summed E-state index contributed by atoms with van der Waals surface area (Å²) in [5, 5.41) is 29.2. The maximum Gasteiger partial charge on any atom is 0.152 e. The van der Waals surface area contributed by atoms with Crippen LogP contribution in [0.3, 0.4) is 0 Å². The number of rotatable bonds is 9. The van der Waals surface area contributed by atoms with Crippen LogP contribution in [0.2, 0.25) is 10.0 Å². The summed E-state index contributed by atoms with van der Waals surface area (Å²) in [5.41, 5.74) is 26.2. The number of likely N-dealkylation sites (N-methyl/N-ethyl adjacent to an activating group) is 2. The van der Waals surface area contributed by atoms with Crippen LogP contribution in [0.15, 0.2) is 121 Å². The number of morpholine rings is 2. The average Bonchev–Trinajstić information content (AvgIpc) is 0.843. The van der Waals surface area contributed by atoms with Gasteiger partial charge in [0, 0.05) is 151 Å². The van der Waals surface area contributed by atoms with Crippen molar-refractivity contribution >= 4 is 44.8 Å². The number of piperidine rings is 1. The Bertz CT molecular complexity index is 3270. The molecule has 1 aromatic heterocycles. The van der Waals surface area contributed by atoms with Crippen LogP contribution < -0.4 is 21.7 Å². The summed E-state index contributed by atoms with van der Waals surface area (Å²) >= 11 is 13.4. The number of hydrogen-bond donors (Lipinski definition) is 6. The molecule has 6 aromatic rings. The fraction of sp³-hybridized carbons (Fsp3) is 0.589. The Hall–Kier alpha value is -4.69. The minimum atomic E-state index is -2.66. The number of halogens is 2. The van der Waals surface area contributed by atoms with Gasteiger partial charge in [0.05, 0.1) is 51.1 Å². The van der Waals surface area contributed by atoms with Crippen molar-refractivity contribution in [1.82, 2.24) is 50.3 Å². The number of benzene rings is 5. The third kappa shape index (κ3) is 52.5. The molecule has 0 saturated carbocycles. The normalized spacial score (nSPS) is 17.2. The first-order chi connectivity index (χ1) is 52.9. The van der Waals surface area contributed by atoms with Crippen molar-refractivity contribution in [1.29, 1.82) is 0 Å². The number of hydrogen-bond acceptors (Lipinski definition) is 18. The summed E-state index contributed by atoms with van der Waals surface area (Å²) in [4.78, 5) is 17.7. The molecule has 0 spiro atoms. The van der Waals surface area contributed by atoms with Crippen molar-refractivity contribution < 1.29 is 28.1 Å². The molecule has 21 heteroatoms. The van der Waals surface area contributed by atoms with Crippen molar-refractivity contribution in [3.63, 3.8) is 0 Å². The summed E-state index contributed by atoms with van der Waals surface area (Å²) in [6.45, 7) is 54.9. The fourth-order valence-electron chi connectivity index (χ4n) is 11.8. The number of piperazine rings is 1. The molecule has 7 N–H and O–H groups in total. The SMILES string of the molecule is CC1=CCNCC1.CC1CCNCC1.CN1CCNCC1.CN1CCOCC1.CN1CCS(=O)(=O)CC1.CN1CCSCC1.Cc1cc(C)nc(C)c1.Cc1cc(Cl)cc(Cl)c1.Cc1ccc(CN(CCO)CCO)c(C)c1C.Cc1ccc(CN)cc1.Cc1cccc(C)c1C.Cc1cccc(CN2CCOCC2)c1. The van der Waals surface area contributed by atoms with E-state index in [1.54, 1.807) is 6.07 Å². The molecule has 6 fully saturated rings. The fourth-order valence-corrected chi connectivity index (χ4v) is 14.9. The minimum Gasteiger partial charge on any atom is -0.395 e. The Morgan fingerprint density at radius 2 is 1.02 bits per heavy atom. The van der Waals surface area contributed by atoms with E-state index < -0.39 is 9.84 Å². The summed E-state index contributed by atoms with van der Waals surface area (Å²) in [6.07, 6.45) is 6.23. The molecule has 0 bridgehead atoms. The summed E-state index contributed by atoms with van der Waals surface area (Å²) in [7, 11) is 5.73. The lowest BCUT2D eigenvalue weighted by Gasteiger charge is -2.26. The molecule has 13 rings (SSSR count). The second-order valence-corrected chi connectivity index (χ2v) is 34.7. The van der Waals surface area contributed by atoms with Crippen LogP contribution in [-0.2, 0) is 38.9 Å². The predicted molar refractivity (Wildman–Crippen MR) is 479 cm³/mol. The standard InChI is InChI=1S/C14H23NO2.C12H17NO.C9H12.2C8H11N.C7H6Cl2.C6H13N.C6H11N.C5H12N2.C5H11NO2S.C5H11NO.C5H11NS/c1-11-4-5-14(13(3)12(11)2)10-15(6-8-16)7-9-17;1-11-3-2-4-12(9-11)10-13-5-7-14-8-6-13;1-7-5-4-6-8(2)9(7)3;1-6-4-7(2)9-8(3)5-6;1-7-2-4-8(6-9)5-3-7;1-5-2-6(8)4-7(9)3-5;2*1-6-2-4-7-5-3-6;1-7-4-2-6-3-5-7;1-6-2-4-9(7,8)5-3-6;2*1-6-2-4-7-5-3-6/h4-5,16-17H,6-10H2,1-3H3;2-4,9H,5-8,10H2,1H3;4-6H,1-3H3;4-5H,1-3H3;2-5H,6,9H2,1H3;2-4H,1H3;6-7H,2-5H2,1H3;2,7H,3-5H2,1H3;6H,2-5H2,1H3;2-5H2,1H3;2*2-5H2,1H3. The second kappa shape index (κ2) is 61.7. The number of nitrogens with zero attached hydrogens (tertiary/aromatic N) is 7. The number of nitrogens with two attached hydrogens (primary N) is 1. The number of aromatic nitrogens is 1. The molecule has 0 radical (unpaired) electrons. The highest BCUT2D eigenvalue weighted by Crippen LogP contribution is 2.20. The molecule has 17 nitrogen and oxygen atoms in total. The Labute approximate surface area is 689 Å². The van der Waals surface area contributed by atoms with Crippen LogP contribution in [0.4, 0.5) is 0 Å². The van der Waals surface area contributed by atoms with E-state index in [2.05, 4.69) is 252 Å². The Balaban J connectivity index is 0.000000416. The van der Waals surface area contributed by atoms with Gasteiger partial charge in [-0.25, -0.2) is 8.42 Å². The van der Waals surface area contributed by atoms with Gasteiger partial charge in [0.25, 0.3) is 0 Å². The first-order valence-corrected chi connectivity index (χ1v) is 44.0. The molecule has 626 valence electrons. The molecular weight excluding hydrogens is 1470 g/mol. The van der Waals surface area contributed by atoms with Gasteiger partial charge in [-0.05, 0) is 255 Å². The lowest BCUT2D eigenvalue weighted by atomic mass is 9.98. The summed E-state index contributed by atoms with van der Waals surface area (Å²) < 4.78 is 32.0. The van der Waals surface area contributed by atoms with E-state index in [9.17, 15) is 8.42 Å². The zero-order valence-corrected chi connectivity index (χ0v) is 75.0. The van der Waals surface area contributed by atoms with Crippen LogP contribution in [-0.4, -0.2) is 262 Å². The number of ether oxygens (including phenoxy) is 2. The number of nitrogens with one attached hydrogen (secondary N) is 3. The van der Waals surface area contributed by atoms with Gasteiger partial charge in [-0.15, -0.1) is 0 Å². The van der Waals surface area contributed by atoms with E-state index in [-0.39, 0.29) is 13.2 Å². The molecule has 7 aliphatic heterocycles. The first-order valence-electron chi connectivity index (χ1n) is 40.3. The number of sulfone groups is 1. The summed E-state index contributed by atoms with van der Waals surface area (Å²) in [5.74, 6) is 4.31. The van der Waals surface area contributed by atoms with Crippen molar-refractivity contribution in [2.24, 2.45) is 11.7 Å². The third-order valence-electron chi connectivity index (χ3n) is 19.8. The van der Waals surface area contributed by atoms with Crippen LogP contribution in [0, 0.1) is 89.0 Å². The lowest BCUT2D eigenvalue weighted by molar-refractivity contribution is 0.0342. The van der Waals surface area contributed by atoms with E-state index in [0.29, 0.717) is 54.3 Å². The summed E-state index contributed by atoms with van der Waals surface area (Å²) in [6, 6.07) is 37.2. The van der Waals surface area contributed by atoms with Crippen LogP contribution in [0.1, 0.15) is 117 Å². The Morgan fingerprint density at radius 3 is 1.41 bits per heavy atom. The Morgan fingerprint density at radius 1 is 0.523 bits per heavy atom. The number of aliphatic hydroxyl groups is 2. The molecule has 0 atom stereocenters. The largest absolute Gasteiger partial charge is 0.395 e.